The number of aromatic nitrogens is 1. The molecule has 7 nitrogen and oxygen atoms in total. The van der Waals surface area contributed by atoms with Crippen LogP contribution >= 0.6 is 39.0 Å². The number of methoxy groups -OCH3 is 1. The van der Waals surface area contributed by atoms with Gasteiger partial charge in [0.2, 0.25) is 11.8 Å². The zero-order valence-electron chi connectivity index (χ0n) is 21.0. The van der Waals surface area contributed by atoms with Crippen molar-refractivity contribution in [2.75, 3.05) is 12.0 Å². The summed E-state index contributed by atoms with van der Waals surface area (Å²) in [4.78, 5) is 44.5. The van der Waals surface area contributed by atoms with Crippen molar-refractivity contribution in [3.8, 4) is 11.5 Å². The summed E-state index contributed by atoms with van der Waals surface area (Å²) in [6.45, 7) is 2.41. The van der Waals surface area contributed by atoms with E-state index in [2.05, 4.69) is 27.0 Å². The number of thiazole rings is 1. The highest BCUT2D eigenvalue weighted by atomic mass is 79.9. The van der Waals surface area contributed by atoms with Gasteiger partial charge in [-0.25, -0.2) is 4.90 Å². The van der Waals surface area contributed by atoms with E-state index in [-0.39, 0.29) is 16.7 Å². The van der Waals surface area contributed by atoms with Crippen LogP contribution in [-0.4, -0.2) is 29.2 Å². The van der Waals surface area contributed by atoms with Crippen LogP contribution in [0.15, 0.2) is 81.0 Å². The Morgan fingerprint density at radius 2 is 1.77 bits per heavy atom. The Morgan fingerprint density at radius 1 is 0.974 bits per heavy atom. The minimum atomic E-state index is -0.672. The summed E-state index contributed by atoms with van der Waals surface area (Å²) in [6, 6.07) is 20.7. The maximum atomic E-state index is 13.9. The summed E-state index contributed by atoms with van der Waals surface area (Å²) in [5.41, 5.74) is 3.49. The second kappa shape index (κ2) is 10.3. The number of aromatic amines is 1. The Bertz CT molecular complexity index is 1650. The van der Waals surface area contributed by atoms with E-state index >= 15 is 0 Å². The number of nitrogens with one attached hydrogen (secondary N) is 1. The number of H-pyrrole nitrogens is 1. The van der Waals surface area contributed by atoms with Crippen LogP contribution in [0.2, 0.25) is 0 Å². The van der Waals surface area contributed by atoms with Gasteiger partial charge in [-0.3, -0.25) is 14.4 Å². The number of imide groups is 1. The number of carbonyl (C=O) groups is 2. The van der Waals surface area contributed by atoms with Gasteiger partial charge in [-0.15, -0.1) is 0 Å². The van der Waals surface area contributed by atoms with Gasteiger partial charge >= 0.3 is 4.87 Å². The van der Waals surface area contributed by atoms with E-state index in [9.17, 15) is 14.4 Å². The van der Waals surface area contributed by atoms with Gasteiger partial charge in [0.25, 0.3) is 0 Å². The molecule has 3 heterocycles. The maximum Gasteiger partial charge on any atom is 0.305 e. The van der Waals surface area contributed by atoms with E-state index in [1.807, 2.05) is 43.3 Å². The van der Waals surface area contributed by atoms with Crippen molar-refractivity contribution in [3.63, 3.8) is 0 Å². The molecule has 2 amide bonds. The number of amides is 2. The standard InChI is InChI=1S/C29H23BrN2O5S2/c1-15-4-3-5-16(12-15)14-37-20-11-6-17(13-21(20)36-2)22-23-25(38-26-24(22)39-29(35)31-26)28(34)32(27(23)33)19-9-7-18(30)8-10-19/h3-13,22-23,25H,14H2,1-2H3,(H,31,35). The Balaban J connectivity index is 1.37. The van der Waals surface area contributed by atoms with Crippen molar-refractivity contribution in [1.29, 1.82) is 0 Å². The Hall–Kier alpha value is -3.34. The number of thioether (sulfide) groups is 1. The second-order valence-electron chi connectivity index (χ2n) is 9.43. The first kappa shape index (κ1) is 25.9. The Labute approximate surface area is 241 Å². The minimum Gasteiger partial charge on any atom is -0.493 e. The van der Waals surface area contributed by atoms with E-state index in [0.717, 1.165) is 37.4 Å². The van der Waals surface area contributed by atoms with E-state index < -0.39 is 17.1 Å². The zero-order chi connectivity index (χ0) is 27.3. The molecule has 2 aliphatic heterocycles. The van der Waals surface area contributed by atoms with Crippen LogP contribution in [0.4, 0.5) is 5.69 Å². The maximum absolute atomic E-state index is 13.9. The number of fused-ring (bicyclic) bond motifs is 2. The number of nitrogens with zero attached hydrogens (tertiary/aromatic N) is 1. The zero-order valence-corrected chi connectivity index (χ0v) is 24.2. The monoisotopic (exact) mass is 622 g/mol. The fourth-order valence-electron chi connectivity index (χ4n) is 5.18. The lowest BCUT2D eigenvalue weighted by atomic mass is 9.83. The molecule has 6 rings (SSSR count). The summed E-state index contributed by atoms with van der Waals surface area (Å²) in [5, 5.41) is -0.0269. The molecular formula is C29H23BrN2O5S2. The molecule has 0 aliphatic carbocycles. The molecule has 1 N–H and O–H groups in total. The predicted octanol–water partition coefficient (Wildman–Crippen LogP) is 5.89. The number of carbonyl (C=O) groups excluding carboxylic acids is 2. The first-order valence-electron chi connectivity index (χ1n) is 12.2. The summed E-state index contributed by atoms with van der Waals surface area (Å²) >= 11 is 5.74. The van der Waals surface area contributed by atoms with Gasteiger partial charge in [-0.2, -0.15) is 0 Å². The molecule has 1 aromatic heterocycles. The molecule has 198 valence electrons. The molecule has 0 spiro atoms. The molecule has 10 heteroatoms. The van der Waals surface area contributed by atoms with Gasteiger partial charge in [0.1, 0.15) is 11.9 Å². The number of rotatable bonds is 6. The molecule has 0 bridgehead atoms. The molecule has 0 radical (unpaired) electrons. The average Bonchev–Trinajstić information content (AvgIpc) is 3.42. The predicted molar refractivity (Wildman–Crippen MR) is 155 cm³/mol. The van der Waals surface area contributed by atoms with Gasteiger partial charge in [0.05, 0.1) is 23.7 Å². The summed E-state index contributed by atoms with van der Waals surface area (Å²) < 4.78 is 12.6. The van der Waals surface area contributed by atoms with Crippen molar-refractivity contribution in [3.05, 3.63) is 102 Å². The van der Waals surface area contributed by atoms with Gasteiger partial charge in [0, 0.05) is 15.3 Å². The number of ether oxygens (including phenoxy) is 2. The van der Waals surface area contributed by atoms with E-state index in [1.54, 1.807) is 31.4 Å². The molecule has 3 atom stereocenters. The van der Waals surface area contributed by atoms with Crippen LogP contribution in [0.25, 0.3) is 0 Å². The van der Waals surface area contributed by atoms with Crippen molar-refractivity contribution in [1.82, 2.24) is 4.98 Å². The third-order valence-electron chi connectivity index (χ3n) is 6.93. The largest absolute Gasteiger partial charge is 0.493 e. The molecule has 1 saturated heterocycles. The van der Waals surface area contributed by atoms with Gasteiger partial charge in [-0.1, -0.05) is 74.9 Å². The van der Waals surface area contributed by atoms with Crippen LogP contribution in [0.3, 0.4) is 0 Å². The van der Waals surface area contributed by atoms with Crippen LogP contribution in [0.1, 0.15) is 27.5 Å². The second-order valence-corrected chi connectivity index (χ2v) is 12.5. The first-order chi connectivity index (χ1) is 18.8. The minimum absolute atomic E-state index is 0.216. The van der Waals surface area contributed by atoms with Gasteiger partial charge in [0.15, 0.2) is 11.5 Å². The third kappa shape index (κ3) is 4.70. The molecule has 1 fully saturated rings. The lowest BCUT2D eigenvalue weighted by molar-refractivity contribution is -0.122. The SMILES string of the molecule is COc1cc(C2c3sc(=O)[nH]c3SC3C(=O)N(c4ccc(Br)cc4)C(=O)C32)ccc1OCc1cccc(C)c1. The highest BCUT2D eigenvalue weighted by molar-refractivity contribution is 9.10. The molecule has 4 aromatic rings. The number of benzene rings is 3. The van der Waals surface area contributed by atoms with Crippen molar-refractivity contribution in [2.24, 2.45) is 5.92 Å². The Kier molecular flexibility index (Phi) is 6.86. The van der Waals surface area contributed by atoms with Crippen LogP contribution in [0, 0.1) is 12.8 Å². The van der Waals surface area contributed by atoms with E-state index in [1.165, 1.54) is 16.7 Å². The molecule has 2 aliphatic rings. The molecule has 3 aromatic carbocycles. The summed E-state index contributed by atoms with van der Waals surface area (Å²) in [7, 11) is 1.57. The fourth-order valence-corrected chi connectivity index (χ4v) is 7.96. The number of halogens is 1. The number of hydrogen-bond acceptors (Lipinski definition) is 7. The number of hydrogen-bond donors (Lipinski definition) is 1. The number of anilines is 1. The third-order valence-corrected chi connectivity index (χ3v) is 9.86. The van der Waals surface area contributed by atoms with Crippen molar-refractivity contribution >= 4 is 56.5 Å². The number of aryl methyl sites for hydroxylation is 1. The van der Waals surface area contributed by atoms with Gasteiger partial charge in [-0.05, 0) is 54.4 Å². The normalized spacial score (nSPS) is 20.1. The summed E-state index contributed by atoms with van der Waals surface area (Å²) in [6.07, 6.45) is 0. The highest BCUT2D eigenvalue weighted by Crippen LogP contribution is 2.53. The van der Waals surface area contributed by atoms with E-state index in [0.29, 0.717) is 28.8 Å². The summed E-state index contributed by atoms with van der Waals surface area (Å²) in [5.74, 6) is -0.654. The molecule has 0 saturated carbocycles. The molecule has 3 unspecified atom stereocenters. The van der Waals surface area contributed by atoms with Crippen LogP contribution in [0.5, 0.6) is 11.5 Å². The average molecular weight is 624 g/mol. The van der Waals surface area contributed by atoms with Crippen molar-refractivity contribution in [2.45, 2.75) is 29.7 Å². The van der Waals surface area contributed by atoms with E-state index in [4.69, 9.17) is 9.47 Å². The fraction of sp³-hybridized carbons (Fsp3) is 0.207. The quantitative estimate of drug-likeness (QED) is 0.270. The van der Waals surface area contributed by atoms with Crippen LogP contribution < -0.4 is 19.2 Å². The Morgan fingerprint density at radius 3 is 2.51 bits per heavy atom. The topological polar surface area (TPSA) is 88.7 Å². The smallest absolute Gasteiger partial charge is 0.305 e. The van der Waals surface area contributed by atoms with Crippen LogP contribution in [-0.2, 0) is 16.2 Å². The lowest BCUT2D eigenvalue weighted by Crippen LogP contribution is -2.32. The highest BCUT2D eigenvalue weighted by Gasteiger charge is 2.56. The first-order valence-corrected chi connectivity index (χ1v) is 14.7. The molecule has 39 heavy (non-hydrogen) atoms. The molecular weight excluding hydrogens is 600 g/mol. The lowest BCUT2D eigenvalue weighted by Gasteiger charge is -2.30. The van der Waals surface area contributed by atoms with Crippen molar-refractivity contribution < 1.29 is 19.1 Å². The van der Waals surface area contributed by atoms with Gasteiger partial charge < -0.3 is 14.5 Å².